The van der Waals surface area contributed by atoms with Crippen LogP contribution in [0.4, 0.5) is 5.82 Å². The average Bonchev–Trinajstić information content (AvgIpc) is 3.80. The number of carbonyl (C=O) groups excluding carboxylic acids is 5. The van der Waals surface area contributed by atoms with Crippen molar-refractivity contribution in [2.75, 3.05) is 38.3 Å². The summed E-state index contributed by atoms with van der Waals surface area (Å²) in [5, 5.41) is 9.82. The summed E-state index contributed by atoms with van der Waals surface area (Å²) in [5.41, 5.74) is 0.572. The van der Waals surface area contributed by atoms with Gasteiger partial charge in [0.15, 0.2) is 12.8 Å². The number of hydrogen-bond acceptors (Lipinski definition) is 13. The van der Waals surface area contributed by atoms with Crippen molar-refractivity contribution in [2.45, 2.75) is 252 Å². The Kier molecular flexibility index (Phi) is 33.2. The van der Waals surface area contributed by atoms with Crippen LogP contribution in [0.2, 0.25) is 0 Å². The van der Waals surface area contributed by atoms with Crippen LogP contribution in [0.15, 0.2) is 18.6 Å². The fourth-order valence-corrected chi connectivity index (χ4v) is 9.77. The molecule has 1 aliphatic rings. The molecule has 412 valence electrons. The number of unbranched alkanes of at least 4 members (excludes halogenated alkanes) is 24. The summed E-state index contributed by atoms with van der Waals surface area (Å²) in [7, 11) is 1.94. The second-order valence-electron chi connectivity index (χ2n) is 21.0. The molecule has 1 amide bonds. The minimum absolute atomic E-state index is 0.0262. The van der Waals surface area contributed by atoms with Gasteiger partial charge in [0.1, 0.15) is 37.4 Å². The van der Waals surface area contributed by atoms with Gasteiger partial charge in [0.2, 0.25) is 5.91 Å². The van der Waals surface area contributed by atoms with E-state index in [9.17, 15) is 24.0 Å². The summed E-state index contributed by atoms with van der Waals surface area (Å²) in [5.74, 6) is -1.51. The van der Waals surface area contributed by atoms with Gasteiger partial charge in [-0.3, -0.25) is 28.5 Å². The van der Waals surface area contributed by atoms with Crippen LogP contribution < -0.4 is 4.90 Å². The summed E-state index contributed by atoms with van der Waals surface area (Å²) in [6, 6.07) is 3.80. The average molecular weight is 1020 g/mol. The smallest absolute Gasteiger partial charge is 0.307 e. The molecule has 0 bridgehead atoms. The molecule has 73 heavy (non-hydrogen) atoms. The Morgan fingerprint density at radius 3 is 1.66 bits per heavy atom. The summed E-state index contributed by atoms with van der Waals surface area (Å²) in [6.45, 7) is 8.93. The Labute approximate surface area is 439 Å². The number of likely N-dealkylation sites (tertiary alicyclic amines) is 1. The molecule has 0 N–H and O–H groups in total. The lowest BCUT2D eigenvalue weighted by atomic mass is 9.92. The van der Waals surface area contributed by atoms with Crippen molar-refractivity contribution in [3.63, 3.8) is 0 Å². The fourth-order valence-electron chi connectivity index (χ4n) is 9.77. The van der Waals surface area contributed by atoms with Gasteiger partial charge in [-0.2, -0.15) is 5.26 Å². The van der Waals surface area contributed by atoms with Crippen LogP contribution in [0.3, 0.4) is 0 Å². The minimum Gasteiger partial charge on any atom is -0.462 e. The van der Waals surface area contributed by atoms with Gasteiger partial charge < -0.3 is 28.7 Å². The first-order valence-electron chi connectivity index (χ1n) is 28.8. The lowest BCUT2D eigenvalue weighted by Gasteiger charge is -2.42. The van der Waals surface area contributed by atoms with Gasteiger partial charge in [0, 0.05) is 52.0 Å². The van der Waals surface area contributed by atoms with E-state index in [1.165, 1.54) is 135 Å². The number of likely N-dealkylation sites (N-methyl/N-ethyl adjacent to an activating group) is 1. The zero-order valence-corrected chi connectivity index (χ0v) is 46.1. The van der Waals surface area contributed by atoms with E-state index >= 15 is 0 Å². The first-order chi connectivity index (χ1) is 35.5. The van der Waals surface area contributed by atoms with E-state index in [1.807, 2.05) is 19.2 Å². The van der Waals surface area contributed by atoms with Crippen molar-refractivity contribution in [1.29, 1.82) is 5.26 Å². The highest BCUT2D eigenvalue weighted by Crippen LogP contribution is 2.30. The van der Waals surface area contributed by atoms with E-state index < -0.39 is 24.0 Å². The van der Waals surface area contributed by atoms with Crippen molar-refractivity contribution in [2.24, 2.45) is 11.8 Å². The SMILES string of the molecule is CCCCCCCCCCCCCCCC(=O)OCC(COC(=O)CCCCCCCCCCCCCCC)OC(=O)CC(C)CC(=O)OCn1ccc2c(N(C)[C@H]3CN(C(=O)CC#N)CC[C@H]3C)ncnc21. The number of amides is 1. The monoisotopic (exact) mass is 1020 g/mol. The quantitative estimate of drug-likeness (QED) is 0.0348. The number of hydrogen-bond donors (Lipinski definition) is 0. The molecule has 2 aromatic heterocycles. The van der Waals surface area contributed by atoms with E-state index in [-0.39, 0.29) is 81.9 Å². The highest BCUT2D eigenvalue weighted by Gasteiger charge is 2.33. The number of nitrogens with zero attached hydrogens (tertiary/aromatic N) is 6. The maximum absolute atomic E-state index is 13.2. The maximum Gasteiger partial charge on any atom is 0.307 e. The molecule has 1 saturated heterocycles. The predicted molar refractivity (Wildman–Crippen MR) is 287 cm³/mol. The summed E-state index contributed by atoms with van der Waals surface area (Å²) < 4.78 is 24.2. The molecule has 0 aromatic carbocycles. The Morgan fingerprint density at radius 1 is 0.685 bits per heavy atom. The molecule has 15 heteroatoms. The number of ether oxygens (including phenoxy) is 4. The Morgan fingerprint density at radius 2 is 1.16 bits per heavy atom. The van der Waals surface area contributed by atoms with Crippen LogP contribution in [0.25, 0.3) is 11.0 Å². The predicted octanol–water partition coefficient (Wildman–Crippen LogP) is 12.9. The third-order valence-electron chi connectivity index (χ3n) is 14.4. The molecule has 1 aliphatic heterocycles. The van der Waals surface area contributed by atoms with Gasteiger partial charge in [-0.05, 0) is 37.2 Å². The van der Waals surface area contributed by atoms with Gasteiger partial charge in [-0.15, -0.1) is 0 Å². The van der Waals surface area contributed by atoms with Crippen molar-refractivity contribution < 1.29 is 42.9 Å². The molecule has 0 aliphatic carbocycles. The molecule has 0 radical (unpaired) electrons. The van der Waals surface area contributed by atoms with Gasteiger partial charge in [-0.1, -0.05) is 182 Å². The number of anilines is 1. The van der Waals surface area contributed by atoms with Crippen LogP contribution in [-0.2, 0) is 49.7 Å². The van der Waals surface area contributed by atoms with E-state index in [1.54, 1.807) is 22.6 Å². The number of esters is 4. The Balaban J connectivity index is 1.44. The molecular formula is C58H96N6O9. The number of fused-ring (bicyclic) bond motifs is 1. The molecular weight excluding hydrogens is 925 g/mol. The largest absolute Gasteiger partial charge is 0.462 e. The van der Waals surface area contributed by atoms with Gasteiger partial charge >= 0.3 is 23.9 Å². The molecule has 1 unspecified atom stereocenters. The van der Waals surface area contributed by atoms with Crippen LogP contribution in [0.5, 0.6) is 0 Å². The van der Waals surface area contributed by atoms with E-state index in [2.05, 4.69) is 35.6 Å². The van der Waals surface area contributed by atoms with Crippen molar-refractivity contribution in [3.8, 4) is 6.07 Å². The standard InChI is InChI=1S/C58H96N6O9/c1-6-8-10-12-14-16-18-20-22-24-26-28-30-32-53(66)70-43-49(44-71-54(67)33-31-29-27-25-23-21-19-17-15-13-11-9-7-2)73-56(69)41-47(3)40-55(68)72-46-64-39-36-50-57(60-45-61-58(50)64)62(5)51-42-63(38-35-48(51)4)52(65)34-37-59/h36,39,45,47-49,51H,6-35,38,40-44,46H2,1-5H3/t47?,48-,51+/m1/s1. The van der Waals surface area contributed by atoms with E-state index in [0.29, 0.717) is 24.6 Å². The normalized spacial score (nSPS) is 15.0. The summed E-state index contributed by atoms with van der Waals surface area (Å²) >= 11 is 0. The Hall–Kier alpha value is -4.74. The van der Waals surface area contributed by atoms with Crippen molar-refractivity contribution >= 4 is 46.6 Å². The molecule has 2 aromatic rings. The number of aromatic nitrogens is 3. The van der Waals surface area contributed by atoms with Crippen LogP contribution >= 0.6 is 0 Å². The maximum atomic E-state index is 13.2. The number of carbonyl (C=O) groups is 5. The third-order valence-corrected chi connectivity index (χ3v) is 14.4. The molecule has 3 heterocycles. The lowest BCUT2D eigenvalue weighted by Crippen LogP contribution is -2.52. The van der Waals surface area contributed by atoms with E-state index in [4.69, 9.17) is 24.2 Å². The highest BCUT2D eigenvalue weighted by molar-refractivity contribution is 5.88. The Bertz CT molecular complexity index is 1850. The van der Waals surface area contributed by atoms with Crippen LogP contribution in [0.1, 0.15) is 233 Å². The van der Waals surface area contributed by atoms with Crippen molar-refractivity contribution in [3.05, 3.63) is 18.6 Å². The molecule has 3 atom stereocenters. The molecule has 0 saturated carbocycles. The van der Waals surface area contributed by atoms with Crippen molar-refractivity contribution in [1.82, 2.24) is 19.4 Å². The molecule has 1 fully saturated rings. The zero-order chi connectivity index (χ0) is 52.9. The summed E-state index contributed by atoms with van der Waals surface area (Å²) in [6.07, 6.45) is 34.7. The fraction of sp³-hybridized carbons (Fsp3) is 0.793. The second-order valence-corrected chi connectivity index (χ2v) is 21.0. The molecule has 0 spiro atoms. The first-order valence-corrected chi connectivity index (χ1v) is 28.8. The zero-order valence-electron chi connectivity index (χ0n) is 46.1. The van der Waals surface area contributed by atoms with Gasteiger partial charge in [0.25, 0.3) is 0 Å². The van der Waals surface area contributed by atoms with Gasteiger partial charge in [0.05, 0.1) is 17.5 Å². The van der Waals surface area contributed by atoms with Gasteiger partial charge in [-0.25, -0.2) is 9.97 Å². The van der Waals surface area contributed by atoms with E-state index in [0.717, 1.165) is 50.3 Å². The topological polar surface area (TPSA) is 183 Å². The first kappa shape index (κ1) is 62.6. The lowest BCUT2D eigenvalue weighted by molar-refractivity contribution is -0.167. The number of nitriles is 1. The number of rotatable bonds is 42. The van der Waals surface area contributed by atoms with Crippen LogP contribution in [0, 0.1) is 23.2 Å². The highest BCUT2D eigenvalue weighted by atomic mass is 16.6. The second kappa shape index (κ2) is 38.8. The third kappa shape index (κ3) is 26.9. The number of piperidine rings is 1. The minimum atomic E-state index is -0.975. The van der Waals surface area contributed by atoms with Crippen LogP contribution in [-0.4, -0.2) is 94.7 Å². The molecule has 3 rings (SSSR count). The molecule has 15 nitrogen and oxygen atoms in total. The summed E-state index contributed by atoms with van der Waals surface area (Å²) in [4.78, 5) is 77.2.